The summed E-state index contributed by atoms with van der Waals surface area (Å²) in [5.41, 5.74) is 3.99. The quantitative estimate of drug-likeness (QED) is 0.516. The van der Waals surface area contributed by atoms with Gasteiger partial charge in [0.2, 0.25) is 5.95 Å². The second-order valence-corrected chi connectivity index (χ2v) is 7.02. The number of fused-ring (bicyclic) bond motifs is 1. The number of methoxy groups -OCH3 is 1. The molecule has 0 saturated carbocycles. The van der Waals surface area contributed by atoms with E-state index < -0.39 is 0 Å². The maximum Gasteiger partial charge on any atom is 0.248 e. The van der Waals surface area contributed by atoms with Crippen LogP contribution in [-0.2, 0) is 6.61 Å². The highest BCUT2D eigenvalue weighted by molar-refractivity contribution is 5.76. The molecular formula is C23H20N6O2. The molecule has 31 heavy (non-hydrogen) atoms. The van der Waals surface area contributed by atoms with Crippen molar-refractivity contribution in [3.63, 3.8) is 0 Å². The van der Waals surface area contributed by atoms with Gasteiger partial charge in [-0.15, -0.1) is 0 Å². The van der Waals surface area contributed by atoms with Gasteiger partial charge < -0.3 is 14.8 Å². The molecule has 0 fully saturated rings. The Bertz CT molecular complexity index is 1210. The Morgan fingerprint density at radius 1 is 1.00 bits per heavy atom. The smallest absolute Gasteiger partial charge is 0.248 e. The van der Waals surface area contributed by atoms with Crippen molar-refractivity contribution in [2.24, 2.45) is 0 Å². The number of aromatic nitrogens is 5. The van der Waals surface area contributed by atoms with Gasteiger partial charge in [-0.25, -0.2) is 0 Å². The van der Waals surface area contributed by atoms with E-state index in [1.54, 1.807) is 24.2 Å². The fraction of sp³-hybridized carbons (Fsp3) is 0.130. The van der Waals surface area contributed by atoms with Gasteiger partial charge >= 0.3 is 0 Å². The first-order valence-electron chi connectivity index (χ1n) is 9.83. The van der Waals surface area contributed by atoms with Crippen molar-refractivity contribution in [1.82, 2.24) is 25.2 Å². The van der Waals surface area contributed by atoms with Gasteiger partial charge in [-0.1, -0.05) is 41.5 Å². The molecule has 1 aliphatic rings. The standard InChI is InChI=1S/C23H20N6O2/c1-30-22-13-18(7-8-21(22)31-15-16-5-3-2-4-6-16)20-14-19(17-9-11-24-12-10-17)25-23-26-27-28-29(20)23/h2-14,20H,15H2,1H3,(H,25,26,28). The number of tetrazole rings is 1. The molecule has 1 atom stereocenters. The van der Waals surface area contributed by atoms with Gasteiger partial charge in [0, 0.05) is 23.7 Å². The van der Waals surface area contributed by atoms with E-state index >= 15 is 0 Å². The summed E-state index contributed by atoms with van der Waals surface area (Å²) in [6, 6.07) is 19.6. The van der Waals surface area contributed by atoms with Gasteiger partial charge in [-0.05, 0) is 51.9 Å². The highest BCUT2D eigenvalue weighted by atomic mass is 16.5. The Hall–Kier alpha value is -4.20. The first-order chi connectivity index (χ1) is 15.3. The van der Waals surface area contributed by atoms with Crippen molar-refractivity contribution < 1.29 is 9.47 Å². The average molecular weight is 412 g/mol. The normalized spacial score (nSPS) is 14.9. The number of benzene rings is 2. The Morgan fingerprint density at radius 2 is 1.84 bits per heavy atom. The molecule has 8 nitrogen and oxygen atoms in total. The van der Waals surface area contributed by atoms with Gasteiger partial charge in [0.05, 0.1) is 7.11 Å². The van der Waals surface area contributed by atoms with E-state index in [0.29, 0.717) is 24.1 Å². The van der Waals surface area contributed by atoms with Crippen LogP contribution >= 0.6 is 0 Å². The monoisotopic (exact) mass is 412 g/mol. The third-order valence-electron chi connectivity index (χ3n) is 5.08. The number of ether oxygens (including phenoxy) is 2. The van der Waals surface area contributed by atoms with Crippen LogP contribution in [0.15, 0.2) is 79.1 Å². The van der Waals surface area contributed by atoms with E-state index in [1.165, 1.54) is 0 Å². The van der Waals surface area contributed by atoms with Gasteiger partial charge in [0.15, 0.2) is 11.5 Å². The molecule has 0 aliphatic carbocycles. The third kappa shape index (κ3) is 3.83. The van der Waals surface area contributed by atoms with E-state index in [9.17, 15) is 0 Å². The first kappa shape index (κ1) is 18.8. The lowest BCUT2D eigenvalue weighted by Crippen LogP contribution is -2.20. The van der Waals surface area contributed by atoms with E-state index in [2.05, 4.69) is 31.9 Å². The van der Waals surface area contributed by atoms with Crippen LogP contribution in [0.4, 0.5) is 5.95 Å². The van der Waals surface area contributed by atoms with E-state index in [-0.39, 0.29) is 6.04 Å². The topological polar surface area (TPSA) is 87.0 Å². The minimum atomic E-state index is -0.202. The summed E-state index contributed by atoms with van der Waals surface area (Å²) in [6.07, 6.45) is 5.59. The minimum Gasteiger partial charge on any atom is -0.493 e. The number of pyridine rings is 1. The Kier molecular flexibility index (Phi) is 5.02. The number of nitrogens with zero attached hydrogens (tertiary/aromatic N) is 5. The third-order valence-corrected chi connectivity index (χ3v) is 5.08. The van der Waals surface area contributed by atoms with E-state index in [4.69, 9.17) is 9.47 Å². The summed E-state index contributed by atoms with van der Waals surface area (Å²) in [7, 11) is 1.64. The predicted octanol–water partition coefficient (Wildman–Crippen LogP) is 3.71. The molecule has 0 amide bonds. The lowest BCUT2D eigenvalue weighted by molar-refractivity contribution is 0.284. The summed E-state index contributed by atoms with van der Waals surface area (Å²) in [5, 5.41) is 15.4. The van der Waals surface area contributed by atoms with E-state index in [1.807, 2.05) is 60.7 Å². The van der Waals surface area contributed by atoms with Crippen molar-refractivity contribution in [2.75, 3.05) is 12.4 Å². The van der Waals surface area contributed by atoms with Crippen LogP contribution in [0.25, 0.3) is 5.70 Å². The van der Waals surface area contributed by atoms with Gasteiger partial charge in [0.25, 0.3) is 0 Å². The van der Waals surface area contributed by atoms with Crippen LogP contribution in [-0.4, -0.2) is 32.3 Å². The second-order valence-electron chi connectivity index (χ2n) is 7.02. The molecule has 4 aromatic rings. The summed E-state index contributed by atoms with van der Waals surface area (Å²) < 4.78 is 13.4. The molecule has 0 radical (unpaired) electrons. The van der Waals surface area contributed by atoms with Crippen molar-refractivity contribution in [2.45, 2.75) is 12.6 Å². The Labute approximate surface area is 179 Å². The fourth-order valence-corrected chi connectivity index (χ4v) is 3.51. The van der Waals surface area contributed by atoms with Crippen LogP contribution in [0.5, 0.6) is 11.5 Å². The number of hydrogen-bond acceptors (Lipinski definition) is 7. The highest BCUT2D eigenvalue weighted by Gasteiger charge is 2.25. The zero-order valence-electron chi connectivity index (χ0n) is 16.8. The molecule has 154 valence electrons. The molecule has 0 saturated heterocycles. The Balaban J connectivity index is 1.46. The van der Waals surface area contributed by atoms with Gasteiger partial charge in [0.1, 0.15) is 12.6 Å². The van der Waals surface area contributed by atoms with Crippen molar-refractivity contribution in [3.8, 4) is 11.5 Å². The molecule has 3 heterocycles. The van der Waals surface area contributed by atoms with Crippen molar-refractivity contribution >= 4 is 11.6 Å². The summed E-state index contributed by atoms with van der Waals surface area (Å²) in [5.74, 6) is 1.91. The zero-order valence-corrected chi connectivity index (χ0v) is 16.8. The maximum absolute atomic E-state index is 5.99. The summed E-state index contributed by atoms with van der Waals surface area (Å²) >= 11 is 0. The molecule has 0 spiro atoms. The SMILES string of the molecule is COc1cc(C2C=C(c3ccncc3)Nc3nnnn32)ccc1OCc1ccccc1. The molecule has 1 aliphatic heterocycles. The molecule has 5 rings (SSSR count). The van der Waals surface area contributed by atoms with Crippen LogP contribution < -0.4 is 14.8 Å². The minimum absolute atomic E-state index is 0.202. The molecular weight excluding hydrogens is 392 g/mol. The van der Waals surface area contributed by atoms with Gasteiger partial charge in [-0.2, -0.15) is 4.68 Å². The molecule has 2 aromatic carbocycles. The highest BCUT2D eigenvalue weighted by Crippen LogP contribution is 2.36. The Morgan fingerprint density at radius 3 is 2.65 bits per heavy atom. The molecule has 0 bridgehead atoms. The summed E-state index contributed by atoms with van der Waals surface area (Å²) in [4.78, 5) is 4.09. The number of hydrogen-bond donors (Lipinski definition) is 1. The second kappa shape index (κ2) is 8.27. The fourth-order valence-electron chi connectivity index (χ4n) is 3.51. The van der Waals surface area contributed by atoms with Crippen LogP contribution in [0.2, 0.25) is 0 Å². The number of nitrogens with one attached hydrogen (secondary N) is 1. The molecule has 1 unspecified atom stereocenters. The van der Waals surface area contributed by atoms with Gasteiger partial charge in [-0.3, -0.25) is 4.98 Å². The largest absolute Gasteiger partial charge is 0.493 e. The van der Waals surface area contributed by atoms with Crippen LogP contribution in [0.3, 0.4) is 0 Å². The number of allylic oxidation sites excluding steroid dienone is 1. The maximum atomic E-state index is 5.99. The molecule has 1 N–H and O–H groups in total. The average Bonchev–Trinajstić information content (AvgIpc) is 3.32. The van der Waals surface area contributed by atoms with Crippen LogP contribution in [0.1, 0.15) is 22.7 Å². The van der Waals surface area contributed by atoms with Crippen molar-refractivity contribution in [3.05, 3.63) is 95.8 Å². The molecule has 8 heteroatoms. The zero-order chi connectivity index (χ0) is 21.0. The first-order valence-corrected chi connectivity index (χ1v) is 9.83. The number of anilines is 1. The van der Waals surface area contributed by atoms with Crippen LogP contribution in [0, 0.1) is 0 Å². The van der Waals surface area contributed by atoms with E-state index in [0.717, 1.165) is 22.4 Å². The molecule has 2 aromatic heterocycles. The lowest BCUT2D eigenvalue weighted by atomic mass is 10.0. The predicted molar refractivity (Wildman–Crippen MR) is 116 cm³/mol. The number of rotatable bonds is 6. The lowest BCUT2D eigenvalue weighted by Gasteiger charge is -2.24. The van der Waals surface area contributed by atoms with Crippen molar-refractivity contribution in [1.29, 1.82) is 0 Å². The summed E-state index contributed by atoms with van der Waals surface area (Å²) in [6.45, 7) is 0.465.